The fraction of sp³-hybridized carbons (Fsp3) is 0.667. The van der Waals surface area contributed by atoms with E-state index in [-0.39, 0.29) is 0 Å². The van der Waals surface area contributed by atoms with E-state index in [1.165, 1.54) is 31.2 Å². The quantitative estimate of drug-likeness (QED) is 0.870. The minimum atomic E-state index is 0.305. The van der Waals surface area contributed by atoms with Crippen molar-refractivity contribution in [1.82, 2.24) is 10.2 Å². The highest BCUT2D eigenvalue weighted by Crippen LogP contribution is 2.35. The van der Waals surface area contributed by atoms with Gasteiger partial charge in [0, 0.05) is 24.2 Å². The first kappa shape index (κ1) is 16.3. The zero-order valence-corrected chi connectivity index (χ0v) is 14.0. The molecule has 0 heterocycles. The molecule has 1 saturated carbocycles. The Hall–Kier alpha value is -1.06. The average molecular weight is 290 g/mol. The highest BCUT2D eigenvalue weighted by atomic mass is 16.5. The third-order valence-corrected chi connectivity index (χ3v) is 4.98. The molecule has 2 atom stereocenters. The number of ether oxygens (including phenoxy) is 1. The molecule has 2 unspecified atom stereocenters. The van der Waals surface area contributed by atoms with E-state index in [0.717, 1.165) is 24.8 Å². The molecule has 0 aliphatic heterocycles. The molecule has 1 aliphatic carbocycles. The molecular formula is C18H30N2O. The van der Waals surface area contributed by atoms with E-state index in [1.54, 1.807) is 7.11 Å². The first-order chi connectivity index (χ1) is 10.1. The van der Waals surface area contributed by atoms with Gasteiger partial charge >= 0.3 is 0 Å². The van der Waals surface area contributed by atoms with Gasteiger partial charge in [0.2, 0.25) is 0 Å². The maximum absolute atomic E-state index is 5.43. The summed E-state index contributed by atoms with van der Waals surface area (Å²) in [7, 11) is 6.19. The Morgan fingerprint density at radius 3 is 2.76 bits per heavy atom. The lowest BCUT2D eigenvalue weighted by Crippen LogP contribution is -2.54. The lowest BCUT2D eigenvalue weighted by atomic mass is 9.75. The summed E-state index contributed by atoms with van der Waals surface area (Å²) in [6.45, 7) is 4.30. The van der Waals surface area contributed by atoms with Crippen LogP contribution in [0.3, 0.4) is 0 Å². The molecule has 0 amide bonds. The summed E-state index contributed by atoms with van der Waals surface area (Å²) in [6, 6.07) is 8.26. The van der Waals surface area contributed by atoms with Gasteiger partial charge in [0.05, 0.1) is 7.11 Å². The van der Waals surface area contributed by atoms with E-state index >= 15 is 0 Å². The molecule has 21 heavy (non-hydrogen) atoms. The van der Waals surface area contributed by atoms with Gasteiger partial charge in [-0.1, -0.05) is 38.0 Å². The van der Waals surface area contributed by atoms with Gasteiger partial charge in [-0.05, 0) is 38.9 Å². The van der Waals surface area contributed by atoms with Crippen LogP contribution >= 0.6 is 0 Å². The number of nitrogens with one attached hydrogen (secondary N) is 1. The Balaban J connectivity index is 1.96. The van der Waals surface area contributed by atoms with Crippen molar-refractivity contribution in [2.24, 2.45) is 5.92 Å². The van der Waals surface area contributed by atoms with Crippen molar-refractivity contribution >= 4 is 0 Å². The van der Waals surface area contributed by atoms with Gasteiger partial charge in [0.25, 0.3) is 0 Å². The van der Waals surface area contributed by atoms with Gasteiger partial charge in [-0.3, -0.25) is 0 Å². The van der Waals surface area contributed by atoms with Crippen molar-refractivity contribution in [2.45, 2.75) is 44.7 Å². The minimum absolute atomic E-state index is 0.305. The van der Waals surface area contributed by atoms with Crippen molar-refractivity contribution in [3.8, 4) is 5.75 Å². The van der Waals surface area contributed by atoms with Gasteiger partial charge in [-0.15, -0.1) is 0 Å². The number of nitrogens with zero attached hydrogens (tertiary/aromatic N) is 1. The Morgan fingerprint density at radius 2 is 2.10 bits per heavy atom. The normalized spacial score (nSPS) is 26.0. The summed E-state index contributed by atoms with van der Waals surface area (Å²) in [4.78, 5) is 2.43. The number of benzene rings is 1. The largest absolute Gasteiger partial charge is 0.496 e. The zero-order chi connectivity index (χ0) is 15.3. The number of hydrogen-bond acceptors (Lipinski definition) is 3. The van der Waals surface area contributed by atoms with Gasteiger partial charge in [-0.25, -0.2) is 0 Å². The third-order valence-electron chi connectivity index (χ3n) is 4.98. The standard InChI is InChI=1S/C18H30N2O/c1-15-8-7-11-18(12-15,20(2)3)14-19-13-16-9-5-6-10-17(16)21-4/h5-6,9-10,15,19H,7-8,11-14H2,1-4H3. The number of hydrogen-bond donors (Lipinski definition) is 1. The number of rotatable bonds is 6. The zero-order valence-electron chi connectivity index (χ0n) is 14.0. The Kier molecular flexibility index (Phi) is 5.65. The fourth-order valence-corrected chi connectivity index (χ4v) is 3.64. The first-order valence-electron chi connectivity index (χ1n) is 8.07. The van der Waals surface area contributed by atoms with Crippen molar-refractivity contribution in [3.63, 3.8) is 0 Å². The molecule has 0 spiro atoms. The van der Waals surface area contributed by atoms with Crippen LogP contribution in [-0.4, -0.2) is 38.2 Å². The van der Waals surface area contributed by atoms with Gasteiger partial charge < -0.3 is 15.0 Å². The van der Waals surface area contributed by atoms with Gasteiger partial charge in [0.15, 0.2) is 0 Å². The summed E-state index contributed by atoms with van der Waals surface area (Å²) in [6.07, 6.45) is 5.31. The predicted molar refractivity (Wildman–Crippen MR) is 88.8 cm³/mol. The molecule has 3 heteroatoms. The monoisotopic (exact) mass is 290 g/mol. The maximum Gasteiger partial charge on any atom is 0.123 e. The molecule has 3 nitrogen and oxygen atoms in total. The van der Waals surface area contributed by atoms with Crippen LogP contribution in [0.1, 0.15) is 38.2 Å². The van der Waals surface area contributed by atoms with E-state index in [0.29, 0.717) is 5.54 Å². The molecule has 0 aromatic heterocycles. The van der Waals surface area contributed by atoms with Crippen LogP contribution in [0, 0.1) is 5.92 Å². The molecule has 1 N–H and O–H groups in total. The summed E-state index contributed by atoms with van der Waals surface area (Å²) in [5, 5.41) is 3.67. The van der Waals surface area contributed by atoms with Crippen LogP contribution in [0.4, 0.5) is 0 Å². The molecule has 0 saturated heterocycles. The number of methoxy groups -OCH3 is 1. The summed E-state index contributed by atoms with van der Waals surface area (Å²) in [5.74, 6) is 1.80. The Bertz CT molecular complexity index is 447. The lowest BCUT2D eigenvalue weighted by Gasteiger charge is -2.45. The van der Waals surface area contributed by atoms with Crippen LogP contribution in [0.25, 0.3) is 0 Å². The Labute approximate surface area is 129 Å². The van der Waals surface area contributed by atoms with E-state index in [4.69, 9.17) is 4.74 Å². The summed E-state index contributed by atoms with van der Waals surface area (Å²) >= 11 is 0. The molecule has 1 aromatic rings. The van der Waals surface area contributed by atoms with Crippen LogP contribution in [0.15, 0.2) is 24.3 Å². The molecule has 1 aliphatic rings. The van der Waals surface area contributed by atoms with Crippen LogP contribution in [-0.2, 0) is 6.54 Å². The van der Waals surface area contributed by atoms with Gasteiger partial charge in [-0.2, -0.15) is 0 Å². The molecule has 118 valence electrons. The number of likely N-dealkylation sites (N-methyl/N-ethyl adjacent to an activating group) is 1. The average Bonchev–Trinajstić information content (AvgIpc) is 2.47. The second-order valence-corrected chi connectivity index (χ2v) is 6.74. The second kappa shape index (κ2) is 7.28. The maximum atomic E-state index is 5.43. The molecule has 1 fully saturated rings. The van der Waals surface area contributed by atoms with Gasteiger partial charge in [0.1, 0.15) is 5.75 Å². The highest BCUT2D eigenvalue weighted by molar-refractivity contribution is 5.33. The van der Waals surface area contributed by atoms with E-state index in [1.807, 2.05) is 12.1 Å². The van der Waals surface area contributed by atoms with Crippen molar-refractivity contribution in [3.05, 3.63) is 29.8 Å². The molecular weight excluding hydrogens is 260 g/mol. The SMILES string of the molecule is COc1ccccc1CNCC1(N(C)C)CCCC(C)C1. The first-order valence-corrected chi connectivity index (χ1v) is 8.07. The topological polar surface area (TPSA) is 24.5 Å². The van der Waals surface area contributed by atoms with Crippen molar-refractivity contribution in [2.75, 3.05) is 27.7 Å². The molecule has 2 rings (SSSR count). The summed E-state index contributed by atoms with van der Waals surface area (Å²) in [5.41, 5.74) is 1.54. The minimum Gasteiger partial charge on any atom is -0.496 e. The fourth-order valence-electron chi connectivity index (χ4n) is 3.64. The highest BCUT2D eigenvalue weighted by Gasteiger charge is 2.36. The predicted octanol–water partition coefficient (Wildman–Crippen LogP) is 3.30. The lowest BCUT2D eigenvalue weighted by molar-refractivity contribution is 0.0749. The third kappa shape index (κ3) is 3.98. The molecule has 1 aromatic carbocycles. The van der Waals surface area contributed by atoms with Crippen molar-refractivity contribution < 1.29 is 4.74 Å². The second-order valence-electron chi connectivity index (χ2n) is 6.74. The smallest absolute Gasteiger partial charge is 0.123 e. The molecule has 0 bridgehead atoms. The molecule has 0 radical (unpaired) electrons. The van der Waals surface area contributed by atoms with Crippen LogP contribution in [0.2, 0.25) is 0 Å². The van der Waals surface area contributed by atoms with Crippen LogP contribution < -0.4 is 10.1 Å². The van der Waals surface area contributed by atoms with E-state index in [9.17, 15) is 0 Å². The van der Waals surface area contributed by atoms with Crippen LogP contribution in [0.5, 0.6) is 5.75 Å². The Morgan fingerprint density at radius 1 is 1.33 bits per heavy atom. The van der Waals surface area contributed by atoms with E-state index in [2.05, 4.69) is 43.4 Å². The van der Waals surface area contributed by atoms with Crippen molar-refractivity contribution in [1.29, 1.82) is 0 Å². The number of para-hydroxylation sites is 1. The van der Waals surface area contributed by atoms with E-state index < -0.39 is 0 Å². The summed E-state index contributed by atoms with van der Waals surface area (Å²) < 4.78 is 5.43.